The van der Waals surface area contributed by atoms with E-state index in [0.29, 0.717) is 17.1 Å². The molecule has 19 heavy (non-hydrogen) atoms. The maximum Gasteiger partial charge on any atom is 0.270 e. The summed E-state index contributed by atoms with van der Waals surface area (Å²) in [6.07, 6.45) is 0. The van der Waals surface area contributed by atoms with E-state index >= 15 is 0 Å². The average molecular weight is 371 g/mol. The van der Waals surface area contributed by atoms with Gasteiger partial charge in [0.1, 0.15) is 11.5 Å². The number of nitro groups is 1. The molecule has 6 heteroatoms. The molecular formula is C13H10INO4. The number of hydrogen-bond donors (Lipinski definition) is 1. The van der Waals surface area contributed by atoms with Gasteiger partial charge in [0.2, 0.25) is 0 Å². The average Bonchev–Trinajstić information content (AvgIpc) is 2.41. The summed E-state index contributed by atoms with van der Waals surface area (Å²) in [6, 6.07) is 11.5. The SMILES string of the molecule is O=[N+]([O-])c1ccc(Oc2ccc(I)cc2)c(CO)c1. The number of rotatable bonds is 4. The van der Waals surface area contributed by atoms with Crippen LogP contribution in [0.15, 0.2) is 42.5 Å². The van der Waals surface area contributed by atoms with Crippen LogP contribution in [-0.2, 0) is 6.61 Å². The fraction of sp³-hybridized carbons (Fsp3) is 0.0769. The van der Waals surface area contributed by atoms with Crippen LogP contribution in [0.4, 0.5) is 5.69 Å². The highest BCUT2D eigenvalue weighted by Crippen LogP contribution is 2.29. The largest absolute Gasteiger partial charge is 0.457 e. The van der Waals surface area contributed by atoms with E-state index in [0.717, 1.165) is 3.57 Å². The van der Waals surface area contributed by atoms with Crippen molar-refractivity contribution in [2.75, 3.05) is 0 Å². The monoisotopic (exact) mass is 371 g/mol. The molecule has 0 aliphatic heterocycles. The summed E-state index contributed by atoms with van der Waals surface area (Å²) < 4.78 is 6.68. The molecule has 0 aromatic heterocycles. The molecule has 0 atom stereocenters. The molecule has 0 aliphatic rings. The number of aliphatic hydroxyl groups is 1. The highest BCUT2D eigenvalue weighted by molar-refractivity contribution is 14.1. The second-order valence-electron chi connectivity index (χ2n) is 3.76. The van der Waals surface area contributed by atoms with Crippen molar-refractivity contribution in [1.82, 2.24) is 0 Å². The van der Waals surface area contributed by atoms with E-state index in [1.165, 1.54) is 18.2 Å². The smallest absolute Gasteiger partial charge is 0.270 e. The van der Waals surface area contributed by atoms with Gasteiger partial charge in [-0.25, -0.2) is 0 Å². The van der Waals surface area contributed by atoms with Gasteiger partial charge < -0.3 is 9.84 Å². The van der Waals surface area contributed by atoms with Crippen molar-refractivity contribution in [3.05, 3.63) is 61.7 Å². The fourth-order valence-corrected chi connectivity index (χ4v) is 1.89. The van der Waals surface area contributed by atoms with E-state index in [4.69, 9.17) is 4.74 Å². The third-order valence-corrected chi connectivity index (χ3v) is 3.19. The van der Waals surface area contributed by atoms with Gasteiger partial charge in [0.25, 0.3) is 5.69 Å². The summed E-state index contributed by atoms with van der Waals surface area (Å²) in [6.45, 7) is -0.318. The predicted octanol–water partition coefficient (Wildman–Crippen LogP) is 3.48. The molecule has 0 spiro atoms. The molecule has 0 amide bonds. The van der Waals surface area contributed by atoms with Gasteiger partial charge in [0, 0.05) is 21.3 Å². The van der Waals surface area contributed by atoms with E-state index in [2.05, 4.69) is 22.6 Å². The number of nitro benzene ring substituents is 1. The Bertz CT molecular complexity index is 598. The van der Waals surface area contributed by atoms with Gasteiger partial charge in [-0.3, -0.25) is 10.1 Å². The summed E-state index contributed by atoms with van der Waals surface area (Å²) in [7, 11) is 0. The van der Waals surface area contributed by atoms with E-state index in [1.54, 1.807) is 12.1 Å². The molecule has 0 saturated carbocycles. The maximum atomic E-state index is 10.7. The normalized spacial score (nSPS) is 10.2. The molecule has 0 radical (unpaired) electrons. The third kappa shape index (κ3) is 3.42. The van der Waals surface area contributed by atoms with Crippen LogP contribution in [0.25, 0.3) is 0 Å². The standard InChI is InChI=1S/C13H10INO4/c14-10-1-4-12(5-2-10)19-13-6-3-11(15(17)18)7-9(13)8-16/h1-7,16H,8H2. The van der Waals surface area contributed by atoms with Gasteiger partial charge in [-0.15, -0.1) is 0 Å². The number of halogens is 1. The molecule has 2 aromatic carbocycles. The number of ether oxygens (including phenoxy) is 1. The van der Waals surface area contributed by atoms with Crippen molar-refractivity contribution in [2.24, 2.45) is 0 Å². The molecule has 0 unspecified atom stereocenters. The van der Waals surface area contributed by atoms with Crippen molar-refractivity contribution in [3.63, 3.8) is 0 Å². The van der Waals surface area contributed by atoms with Gasteiger partial charge in [-0.2, -0.15) is 0 Å². The third-order valence-electron chi connectivity index (χ3n) is 2.47. The quantitative estimate of drug-likeness (QED) is 0.508. The van der Waals surface area contributed by atoms with Crippen molar-refractivity contribution in [3.8, 4) is 11.5 Å². The first-order valence-corrected chi connectivity index (χ1v) is 6.49. The molecule has 0 saturated heterocycles. The lowest BCUT2D eigenvalue weighted by Crippen LogP contribution is -1.95. The van der Waals surface area contributed by atoms with E-state index in [-0.39, 0.29) is 12.3 Å². The van der Waals surface area contributed by atoms with Crippen molar-refractivity contribution in [1.29, 1.82) is 0 Å². The molecule has 1 N–H and O–H groups in total. The summed E-state index contributed by atoms with van der Waals surface area (Å²) in [5.74, 6) is 1.03. The zero-order chi connectivity index (χ0) is 13.8. The van der Waals surface area contributed by atoms with Crippen LogP contribution in [-0.4, -0.2) is 10.0 Å². The first kappa shape index (κ1) is 13.8. The molecule has 2 aromatic rings. The van der Waals surface area contributed by atoms with Crippen LogP contribution in [0, 0.1) is 13.7 Å². The van der Waals surface area contributed by atoms with Crippen LogP contribution in [0.5, 0.6) is 11.5 Å². The van der Waals surface area contributed by atoms with E-state index in [9.17, 15) is 15.2 Å². The van der Waals surface area contributed by atoms with Crippen LogP contribution >= 0.6 is 22.6 Å². The predicted molar refractivity (Wildman–Crippen MR) is 78.3 cm³/mol. The van der Waals surface area contributed by atoms with Crippen LogP contribution < -0.4 is 4.74 Å². The van der Waals surface area contributed by atoms with Crippen molar-refractivity contribution >= 4 is 28.3 Å². The van der Waals surface area contributed by atoms with Crippen molar-refractivity contribution < 1.29 is 14.8 Å². The lowest BCUT2D eigenvalue weighted by atomic mass is 10.2. The van der Waals surface area contributed by atoms with Crippen LogP contribution in [0.3, 0.4) is 0 Å². The Morgan fingerprint density at radius 1 is 1.21 bits per heavy atom. The van der Waals surface area contributed by atoms with Crippen LogP contribution in [0.2, 0.25) is 0 Å². The Labute approximate surface area is 123 Å². The van der Waals surface area contributed by atoms with Gasteiger partial charge in [0.05, 0.1) is 11.5 Å². The Morgan fingerprint density at radius 2 is 1.89 bits per heavy atom. The van der Waals surface area contributed by atoms with E-state index in [1.807, 2.05) is 12.1 Å². The van der Waals surface area contributed by atoms with Crippen molar-refractivity contribution in [2.45, 2.75) is 6.61 Å². The Morgan fingerprint density at radius 3 is 2.47 bits per heavy atom. The zero-order valence-electron chi connectivity index (χ0n) is 9.75. The minimum Gasteiger partial charge on any atom is -0.457 e. The Balaban J connectivity index is 2.29. The number of benzene rings is 2. The number of hydrogen-bond acceptors (Lipinski definition) is 4. The molecule has 0 fully saturated rings. The minimum atomic E-state index is -0.506. The molecular weight excluding hydrogens is 361 g/mol. The molecule has 0 heterocycles. The molecule has 98 valence electrons. The summed E-state index contributed by atoms with van der Waals surface area (Å²) in [4.78, 5) is 10.2. The number of non-ortho nitro benzene ring substituents is 1. The Hall–Kier alpha value is -1.67. The molecule has 0 bridgehead atoms. The minimum absolute atomic E-state index is 0.0704. The second kappa shape index (κ2) is 5.98. The summed E-state index contributed by atoms with van der Waals surface area (Å²) in [5.41, 5.74) is 0.312. The van der Waals surface area contributed by atoms with E-state index < -0.39 is 4.92 Å². The lowest BCUT2D eigenvalue weighted by Gasteiger charge is -2.09. The fourth-order valence-electron chi connectivity index (χ4n) is 1.53. The van der Waals surface area contributed by atoms with Gasteiger partial charge >= 0.3 is 0 Å². The van der Waals surface area contributed by atoms with Gasteiger partial charge in [-0.1, -0.05) is 0 Å². The topological polar surface area (TPSA) is 72.6 Å². The first-order valence-electron chi connectivity index (χ1n) is 5.42. The van der Waals surface area contributed by atoms with Gasteiger partial charge in [0.15, 0.2) is 0 Å². The highest BCUT2D eigenvalue weighted by atomic mass is 127. The molecule has 2 rings (SSSR count). The molecule has 0 aliphatic carbocycles. The zero-order valence-corrected chi connectivity index (χ0v) is 11.9. The highest BCUT2D eigenvalue weighted by Gasteiger charge is 2.11. The number of aliphatic hydroxyl groups excluding tert-OH is 1. The lowest BCUT2D eigenvalue weighted by molar-refractivity contribution is -0.385. The first-order chi connectivity index (χ1) is 9.10. The summed E-state index contributed by atoms with van der Waals surface area (Å²) >= 11 is 2.18. The van der Waals surface area contributed by atoms with Crippen LogP contribution in [0.1, 0.15) is 5.56 Å². The number of nitrogens with zero attached hydrogens (tertiary/aromatic N) is 1. The van der Waals surface area contributed by atoms with Gasteiger partial charge in [-0.05, 0) is 52.9 Å². The Kier molecular flexibility index (Phi) is 4.33. The summed E-state index contributed by atoms with van der Waals surface area (Å²) in [5, 5.41) is 19.9. The maximum absolute atomic E-state index is 10.7. The molecule has 5 nitrogen and oxygen atoms in total. The second-order valence-corrected chi connectivity index (χ2v) is 5.01.